The highest BCUT2D eigenvalue weighted by molar-refractivity contribution is 6.05. The molecule has 0 fully saturated rings. The number of rotatable bonds is 3. The first-order chi connectivity index (χ1) is 14.0. The maximum Gasteiger partial charge on any atom is 0.338 e. The first-order valence-corrected chi connectivity index (χ1v) is 9.61. The molecule has 29 heavy (non-hydrogen) atoms. The zero-order chi connectivity index (χ0) is 20.4. The Hall–Kier alpha value is -3.60. The normalized spacial score (nSPS) is 13.6. The Labute approximate surface area is 169 Å². The molecule has 4 rings (SSSR count). The number of fused-ring (bicyclic) bond motifs is 2. The minimum atomic E-state index is -0.955. The Kier molecular flexibility index (Phi) is 5.04. The molecule has 3 aromatic rings. The lowest BCUT2D eigenvalue weighted by atomic mass is 10.0. The minimum absolute atomic E-state index is 0.288. The van der Waals surface area contributed by atoms with E-state index in [0.717, 1.165) is 35.3 Å². The van der Waals surface area contributed by atoms with E-state index in [4.69, 9.17) is 10.5 Å². The van der Waals surface area contributed by atoms with Gasteiger partial charge in [0.15, 0.2) is 6.10 Å². The molecule has 1 atom stereocenters. The topological polar surface area (TPSA) is 72.6 Å². The molecular formula is C24H22N2O3. The molecule has 0 spiro atoms. The summed E-state index contributed by atoms with van der Waals surface area (Å²) in [5, 5.41) is 0. The number of para-hydroxylation sites is 2. The Bertz CT molecular complexity index is 1030. The zero-order valence-electron chi connectivity index (χ0n) is 16.2. The fraction of sp³-hybridized carbons (Fsp3) is 0.167. The lowest BCUT2D eigenvalue weighted by Gasteiger charge is -2.27. The van der Waals surface area contributed by atoms with Crippen LogP contribution in [0.25, 0.3) is 0 Å². The van der Waals surface area contributed by atoms with Gasteiger partial charge in [0.1, 0.15) is 0 Å². The summed E-state index contributed by atoms with van der Waals surface area (Å²) >= 11 is 0. The second-order valence-electron chi connectivity index (χ2n) is 7.10. The monoisotopic (exact) mass is 386 g/mol. The van der Waals surface area contributed by atoms with Crippen LogP contribution in [0.1, 0.15) is 28.4 Å². The maximum absolute atomic E-state index is 13.4. The number of esters is 1. The van der Waals surface area contributed by atoms with Crippen molar-refractivity contribution < 1.29 is 14.3 Å². The van der Waals surface area contributed by atoms with E-state index in [-0.39, 0.29) is 5.91 Å². The van der Waals surface area contributed by atoms with Crippen LogP contribution in [0.4, 0.5) is 17.1 Å². The standard InChI is InChI=1S/C24H22N2O3/c1-16(29-24(28)19-9-6-10-20(25)15-19)23(27)26-21-11-4-2-7-17(21)13-14-18-8-3-5-12-22(18)26/h2-12,15-16H,13-14,25H2,1H3. The summed E-state index contributed by atoms with van der Waals surface area (Å²) < 4.78 is 5.49. The number of hydrogen-bond acceptors (Lipinski definition) is 4. The van der Waals surface area contributed by atoms with Gasteiger partial charge in [-0.3, -0.25) is 9.69 Å². The van der Waals surface area contributed by atoms with E-state index in [1.54, 1.807) is 30.0 Å². The van der Waals surface area contributed by atoms with E-state index in [0.29, 0.717) is 11.3 Å². The molecule has 1 amide bonds. The summed E-state index contributed by atoms with van der Waals surface area (Å²) in [6, 6.07) is 22.2. The van der Waals surface area contributed by atoms with Crippen LogP contribution in [0, 0.1) is 0 Å². The highest BCUT2D eigenvalue weighted by atomic mass is 16.5. The number of carbonyl (C=O) groups excluding carboxylic acids is 2. The highest BCUT2D eigenvalue weighted by Gasteiger charge is 2.30. The molecule has 0 radical (unpaired) electrons. The van der Waals surface area contributed by atoms with Crippen molar-refractivity contribution in [2.45, 2.75) is 25.9 Å². The molecule has 146 valence electrons. The quantitative estimate of drug-likeness (QED) is 0.539. The molecule has 0 aromatic heterocycles. The first kappa shape index (κ1) is 18.7. The molecule has 0 saturated carbocycles. The third-order valence-electron chi connectivity index (χ3n) is 5.10. The van der Waals surface area contributed by atoms with Crippen molar-refractivity contribution in [3.05, 3.63) is 89.5 Å². The van der Waals surface area contributed by atoms with Gasteiger partial charge in [0.2, 0.25) is 0 Å². The number of carbonyl (C=O) groups is 2. The maximum atomic E-state index is 13.4. The van der Waals surface area contributed by atoms with Crippen molar-refractivity contribution in [1.29, 1.82) is 0 Å². The van der Waals surface area contributed by atoms with E-state index in [1.165, 1.54) is 6.07 Å². The first-order valence-electron chi connectivity index (χ1n) is 9.61. The summed E-state index contributed by atoms with van der Waals surface area (Å²) in [5.74, 6) is -0.862. The van der Waals surface area contributed by atoms with E-state index < -0.39 is 12.1 Å². The molecule has 0 aliphatic carbocycles. The molecule has 5 nitrogen and oxygen atoms in total. The molecule has 0 bridgehead atoms. The number of amides is 1. The highest BCUT2D eigenvalue weighted by Crippen LogP contribution is 2.36. The predicted octanol–water partition coefficient (Wildman–Crippen LogP) is 4.28. The van der Waals surface area contributed by atoms with Gasteiger partial charge in [0.05, 0.1) is 16.9 Å². The van der Waals surface area contributed by atoms with E-state index >= 15 is 0 Å². The molecule has 5 heteroatoms. The Morgan fingerprint density at radius 2 is 1.48 bits per heavy atom. The van der Waals surface area contributed by atoms with Gasteiger partial charge in [0.25, 0.3) is 5.91 Å². The molecule has 1 aliphatic rings. The van der Waals surface area contributed by atoms with Gasteiger partial charge in [-0.2, -0.15) is 0 Å². The van der Waals surface area contributed by atoms with Crippen molar-refractivity contribution in [1.82, 2.24) is 0 Å². The van der Waals surface area contributed by atoms with Crippen LogP contribution < -0.4 is 10.6 Å². The van der Waals surface area contributed by atoms with Gasteiger partial charge in [0, 0.05) is 5.69 Å². The van der Waals surface area contributed by atoms with Crippen LogP contribution in [0.2, 0.25) is 0 Å². The number of aryl methyl sites for hydroxylation is 2. The zero-order valence-corrected chi connectivity index (χ0v) is 16.2. The number of nitrogens with two attached hydrogens (primary N) is 1. The number of ether oxygens (including phenoxy) is 1. The Morgan fingerprint density at radius 3 is 2.07 bits per heavy atom. The smallest absolute Gasteiger partial charge is 0.338 e. The van der Waals surface area contributed by atoms with Crippen molar-refractivity contribution >= 4 is 28.9 Å². The summed E-state index contributed by atoms with van der Waals surface area (Å²) in [4.78, 5) is 27.6. The molecule has 1 unspecified atom stereocenters. The third-order valence-corrected chi connectivity index (χ3v) is 5.10. The van der Waals surface area contributed by atoms with Gasteiger partial charge in [-0.05, 0) is 61.2 Å². The number of nitrogen functional groups attached to an aromatic ring is 1. The second-order valence-corrected chi connectivity index (χ2v) is 7.10. The largest absolute Gasteiger partial charge is 0.449 e. The van der Waals surface area contributed by atoms with E-state index in [2.05, 4.69) is 0 Å². The average molecular weight is 386 g/mol. The number of benzene rings is 3. The fourth-order valence-electron chi connectivity index (χ4n) is 3.64. The van der Waals surface area contributed by atoms with Gasteiger partial charge < -0.3 is 10.5 Å². The minimum Gasteiger partial charge on any atom is -0.449 e. The Morgan fingerprint density at radius 1 is 0.897 bits per heavy atom. The van der Waals surface area contributed by atoms with Crippen molar-refractivity contribution in [2.75, 3.05) is 10.6 Å². The molecule has 2 N–H and O–H groups in total. The van der Waals surface area contributed by atoms with E-state index in [9.17, 15) is 9.59 Å². The van der Waals surface area contributed by atoms with Crippen LogP contribution in [-0.4, -0.2) is 18.0 Å². The second kappa shape index (κ2) is 7.80. The van der Waals surface area contributed by atoms with Crippen LogP contribution in [-0.2, 0) is 22.4 Å². The van der Waals surface area contributed by atoms with Gasteiger partial charge in [-0.15, -0.1) is 0 Å². The van der Waals surface area contributed by atoms with Crippen LogP contribution >= 0.6 is 0 Å². The molecule has 3 aromatic carbocycles. The van der Waals surface area contributed by atoms with Crippen LogP contribution in [0.3, 0.4) is 0 Å². The fourth-order valence-corrected chi connectivity index (χ4v) is 3.64. The lowest BCUT2D eigenvalue weighted by molar-refractivity contribution is -0.125. The molecule has 1 heterocycles. The summed E-state index contributed by atoms with van der Waals surface area (Å²) in [6.07, 6.45) is 0.728. The summed E-state index contributed by atoms with van der Waals surface area (Å²) in [7, 11) is 0. The predicted molar refractivity (Wildman–Crippen MR) is 113 cm³/mol. The Balaban J connectivity index is 1.66. The number of anilines is 3. The third kappa shape index (κ3) is 3.72. The van der Waals surface area contributed by atoms with Crippen molar-refractivity contribution in [3.8, 4) is 0 Å². The molecular weight excluding hydrogens is 364 g/mol. The van der Waals surface area contributed by atoms with Crippen molar-refractivity contribution in [2.24, 2.45) is 0 Å². The lowest BCUT2D eigenvalue weighted by Crippen LogP contribution is -2.37. The summed E-state index contributed by atoms with van der Waals surface area (Å²) in [5.41, 5.74) is 10.4. The SMILES string of the molecule is CC(OC(=O)c1cccc(N)c1)C(=O)N1c2ccccc2CCc2ccccc21. The molecule has 0 saturated heterocycles. The van der Waals surface area contributed by atoms with Crippen molar-refractivity contribution in [3.63, 3.8) is 0 Å². The summed E-state index contributed by atoms with van der Waals surface area (Å²) in [6.45, 7) is 1.60. The van der Waals surface area contributed by atoms with Gasteiger partial charge in [-0.1, -0.05) is 42.5 Å². The average Bonchev–Trinajstić information content (AvgIpc) is 2.90. The number of hydrogen-bond donors (Lipinski definition) is 1. The van der Waals surface area contributed by atoms with Gasteiger partial charge >= 0.3 is 5.97 Å². The molecule has 1 aliphatic heterocycles. The van der Waals surface area contributed by atoms with Gasteiger partial charge in [-0.25, -0.2) is 4.79 Å². The van der Waals surface area contributed by atoms with Crippen LogP contribution in [0.15, 0.2) is 72.8 Å². The van der Waals surface area contributed by atoms with Crippen LogP contribution in [0.5, 0.6) is 0 Å². The van der Waals surface area contributed by atoms with E-state index in [1.807, 2.05) is 48.5 Å². The number of nitrogens with zero attached hydrogens (tertiary/aromatic N) is 1.